The SMILES string of the molecule is CCCN(CCC)[C@H]1Cc2c(C(C)=O)ccc3c2[C@@H](CN3)C1. The number of Topliss-reactive ketones (excluding diaryl/α,β-unsaturated/α-hetero) is 1. The van der Waals surface area contributed by atoms with Crippen LogP contribution in [0.25, 0.3) is 0 Å². The maximum absolute atomic E-state index is 12.0. The fourth-order valence-electron chi connectivity index (χ4n) is 4.35. The van der Waals surface area contributed by atoms with Gasteiger partial charge < -0.3 is 10.2 Å². The molecule has 1 aromatic carbocycles. The lowest BCUT2D eigenvalue weighted by Crippen LogP contribution is -2.41. The van der Waals surface area contributed by atoms with Crippen LogP contribution in [0.4, 0.5) is 5.69 Å². The summed E-state index contributed by atoms with van der Waals surface area (Å²) in [6.07, 6.45) is 4.67. The standard InChI is InChI=1S/C19H28N2O/c1-4-8-21(9-5-2)15-10-14-12-20-18-7-6-16(13(3)22)17(11-15)19(14)18/h6-7,14-15,20H,4-5,8-12H2,1-3H3/t14-,15-/m1/s1. The largest absolute Gasteiger partial charge is 0.384 e. The monoisotopic (exact) mass is 300 g/mol. The third-order valence-electron chi connectivity index (χ3n) is 5.22. The van der Waals surface area contributed by atoms with Crippen LogP contribution in [0.2, 0.25) is 0 Å². The van der Waals surface area contributed by atoms with Gasteiger partial charge in [0.15, 0.2) is 5.78 Å². The van der Waals surface area contributed by atoms with Gasteiger partial charge in [-0.15, -0.1) is 0 Å². The highest BCUT2D eigenvalue weighted by atomic mass is 16.1. The van der Waals surface area contributed by atoms with E-state index >= 15 is 0 Å². The zero-order valence-electron chi connectivity index (χ0n) is 14.1. The number of rotatable bonds is 6. The van der Waals surface area contributed by atoms with Gasteiger partial charge >= 0.3 is 0 Å². The van der Waals surface area contributed by atoms with Gasteiger partial charge in [0.2, 0.25) is 0 Å². The molecular formula is C19H28N2O. The molecule has 1 N–H and O–H groups in total. The Morgan fingerprint density at radius 3 is 2.64 bits per heavy atom. The molecule has 0 spiro atoms. The molecule has 2 aliphatic rings. The highest BCUT2D eigenvalue weighted by Crippen LogP contribution is 2.43. The summed E-state index contributed by atoms with van der Waals surface area (Å²) in [6, 6.07) is 4.72. The van der Waals surface area contributed by atoms with E-state index in [9.17, 15) is 4.79 Å². The van der Waals surface area contributed by atoms with Crippen LogP contribution in [-0.2, 0) is 6.42 Å². The first-order valence-electron chi connectivity index (χ1n) is 8.80. The minimum atomic E-state index is 0.210. The molecule has 0 amide bonds. The Morgan fingerprint density at radius 2 is 2.00 bits per heavy atom. The van der Waals surface area contributed by atoms with Crippen LogP contribution in [-0.4, -0.2) is 36.4 Å². The van der Waals surface area contributed by atoms with Gasteiger partial charge in [0.05, 0.1) is 0 Å². The number of hydrogen-bond donors (Lipinski definition) is 1. The van der Waals surface area contributed by atoms with E-state index in [0.29, 0.717) is 12.0 Å². The molecule has 0 bridgehead atoms. The molecule has 3 nitrogen and oxygen atoms in total. The van der Waals surface area contributed by atoms with Crippen molar-refractivity contribution in [3.8, 4) is 0 Å². The summed E-state index contributed by atoms with van der Waals surface area (Å²) in [5.74, 6) is 0.792. The van der Waals surface area contributed by atoms with Crippen LogP contribution in [0.3, 0.4) is 0 Å². The topological polar surface area (TPSA) is 32.3 Å². The second-order valence-corrected chi connectivity index (χ2v) is 6.82. The summed E-state index contributed by atoms with van der Waals surface area (Å²) in [5, 5.41) is 3.54. The van der Waals surface area contributed by atoms with Crippen LogP contribution >= 0.6 is 0 Å². The molecule has 22 heavy (non-hydrogen) atoms. The van der Waals surface area contributed by atoms with Gasteiger partial charge in [-0.2, -0.15) is 0 Å². The number of ketones is 1. The van der Waals surface area contributed by atoms with Gasteiger partial charge in [0.1, 0.15) is 0 Å². The number of nitrogens with zero attached hydrogens (tertiary/aromatic N) is 1. The maximum Gasteiger partial charge on any atom is 0.160 e. The number of anilines is 1. The summed E-state index contributed by atoms with van der Waals surface area (Å²) < 4.78 is 0. The first-order chi connectivity index (χ1) is 10.7. The Bertz CT molecular complexity index is 561. The van der Waals surface area contributed by atoms with E-state index in [4.69, 9.17) is 0 Å². The summed E-state index contributed by atoms with van der Waals surface area (Å²) in [5.41, 5.74) is 4.98. The first-order valence-corrected chi connectivity index (χ1v) is 8.80. The molecule has 1 aliphatic heterocycles. The molecule has 0 saturated carbocycles. The Morgan fingerprint density at radius 1 is 1.27 bits per heavy atom. The predicted octanol–water partition coefficient (Wildman–Crippen LogP) is 3.84. The normalized spacial score (nSPS) is 22.5. The number of carbonyl (C=O) groups is 1. The van der Waals surface area contributed by atoms with Crippen LogP contribution < -0.4 is 5.32 Å². The highest BCUT2D eigenvalue weighted by Gasteiger charge is 2.36. The van der Waals surface area contributed by atoms with Crippen molar-refractivity contribution in [3.63, 3.8) is 0 Å². The molecule has 1 aromatic rings. The molecule has 1 aliphatic carbocycles. The number of carbonyl (C=O) groups excluding carboxylic acids is 1. The van der Waals surface area contributed by atoms with Crippen molar-refractivity contribution in [1.29, 1.82) is 0 Å². The highest BCUT2D eigenvalue weighted by molar-refractivity contribution is 5.97. The third-order valence-corrected chi connectivity index (χ3v) is 5.22. The van der Waals surface area contributed by atoms with E-state index in [2.05, 4.69) is 30.1 Å². The van der Waals surface area contributed by atoms with Gasteiger partial charge in [0.25, 0.3) is 0 Å². The molecular weight excluding hydrogens is 272 g/mol. The summed E-state index contributed by atoms with van der Waals surface area (Å²) >= 11 is 0. The second kappa shape index (κ2) is 6.41. The Kier molecular flexibility index (Phi) is 4.53. The number of hydrogen-bond acceptors (Lipinski definition) is 3. The first kappa shape index (κ1) is 15.5. The van der Waals surface area contributed by atoms with Gasteiger partial charge in [0, 0.05) is 29.8 Å². The fraction of sp³-hybridized carbons (Fsp3) is 0.632. The number of nitrogens with one attached hydrogen (secondary N) is 1. The van der Waals surface area contributed by atoms with Crippen molar-refractivity contribution in [2.75, 3.05) is 25.0 Å². The maximum atomic E-state index is 12.0. The van der Waals surface area contributed by atoms with Crippen molar-refractivity contribution in [2.45, 2.75) is 58.4 Å². The summed E-state index contributed by atoms with van der Waals surface area (Å²) in [6.45, 7) is 9.60. The predicted molar refractivity (Wildman–Crippen MR) is 91.9 cm³/mol. The van der Waals surface area contributed by atoms with Crippen molar-refractivity contribution in [1.82, 2.24) is 4.90 Å². The molecule has 0 saturated heterocycles. The second-order valence-electron chi connectivity index (χ2n) is 6.82. The van der Waals surface area contributed by atoms with Crippen LogP contribution in [0.1, 0.15) is 67.4 Å². The Hall–Kier alpha value is -1.35. The smallest absolute Gasteiger partial charge is 0.160 e. The van der Waals surface area contributed by atoms with E-state index in [0.717, 1.165) is 18.5 Å². The van der Waals surface area contributed by atoms with E-state index in [1.165, 1.54) is 49.2 Å². The van der Waals surface area contributed by atoms with Crippen molar-refractivity contribution < 1.29 is 4.79 Å². The molecule has 3 rings (SSSR count). The molecule has 0 fully saturated rings. The molecule has 0 aromatic heterocycles. The fourth-order valence-corrected chi connectivity index (χ4v) is 4.35. The van der Waals surface area contributed by atoms with E-state index < -0.39 is 0 Å². The molecule has 120 valence electrons. The van der Waals surface area contributed by atoms with Gasteiger partial charge in [-0.05, 0) is 69.0 Å². The summed E-state index contributed by atoms with van der Waals surface area (Å²) in [7, 11) is 0. The molecule has 0 radical (unpaired) electrons. The minimum absolute atomic E-state index is 0.210. The van der Waals surface area contributed by atoms with Gasteiger partial charge in [-0.1, -0.05) is 13.8 Å². The van der Waals surface area contributed by atoms with E-state index in [1.807, 2.05) is 6.07 Å². The van der Waals surface area contributed by atoms with Crippen molar-refractivity contribution in [2.24, 2.45) is 0 Å². The average molecular weight is 300 g/mol. The van der Waals surface area contributed by atoms with E-state index in [1.54, 1.807) is 6.92 Å². The van der Waals surface area contributed by atoms with Crippen molar-refractivity contribution >= 4 is 11.5 Å². The zero-order chi connectivity index (χ0) is 15.7. The lowest BCUT2D eigenvalue weighted by molar-refractivity contribution is 0.101. The zero-order valence-corrected chi connectivity index (χ0v) is 14.1. The average Bonchev–Trinajstić information content (AvgIpc) is 2.91. The van der Waals surface area contributed by atoms with Crippen LogP contribution in [0, 0.1) is 0 Å². The molecule has 1 heterocycles. The third kappa shape index (κ3) is 2.67. The quantitative estimate of drug-likeness (QED) is 0.810. The lowest BCUT2D eigenvalue weighted by Gasteiger charge is -2.37. The molecule has 0 unspecified atom stereocenters. The van der Waals surface area contributed by atoms with Crippen LogP contribution in [0.15, 0.2) is 12.1 Å². The van der Waals surface area contributed by atoms with Crippen molar-refractivity contribution in [3.05, 3.63) is 28.8 Å². The lowest BCUT2D eigenvalue weighted by atomic mass is 9.78. The minimum Gasteiger partial charge on any atom is -0.384 e. The van der Waals surface area contributed by atoms with Crippen LogP contribution in [0.5, 0.6) is 0 Å². The molecule has 2 atom stereocenters. The van der Waals surface area contributed by atoms with E-state index in [-0.39, 0.29) is 5.78 Å². The molecule has 3 heteroatoms. The van der Waals surface area contributed by atoms with Gasteiger partial charge in [-0.25, -0.2) is 0 Å². The number of benzene rings is 1. The Labute approximate surface area is 134 Å². The Balaban J connectivity index is 1.95. The summed E-state index contributed by atoms with van der Waals surface area (Å²) in [4.78, 5) is 14.7. The van der Waals surface area contributed by atoms with Gasteiger partial charge in [-0.3, -0.25) is 4.79 Å².